The van der Waals surface area contributed by atoms with E-state index in [0.717, 1.165) is 12.0 Å². The highest BCUT2D eigenvalue weighted by atomic mass is 16.5. The Balaban J connectivity index is 2.32. The van der Waals surface area contributed by atoms with E-state index in [9.17, 15) is 14.8 Å². The monoisotopic (exact) mass is 342 g/mol. The van der Waals surface area contributed by atoms with Gasteiger partial charge in [0.1, 0.15) is 12.4 Å². The average Bonchev–Trinajstić information content (AvgIpc) is 2.65. The van der Waals surface area contributed by atoms with E-state index in [4.69, 9.17) is 4.74 Å². The second kappa shape index (κ2) is 8.30. The minimum Gasteiger partial charge on any atom is -0.489 e. The minimum absolute atomic E-state index is 0.0462. The average molecular weight is 342 g/mol. The quantitative estimate of drug-likeness (QED) is 0.478. The summed E-state index contributed by atoms with van der Waals surface area (Å²) in [6.45, 7) is 4.07. The van der Waals surface area contributed by atoms with Crippen molar-refractivity contribution in [1.82, 2.24) is 5.32 Å². The lowest BCUT2D eigenvalue weighted by molar-refractivity contribution is 0.112. The van der Waals surface area contributed by atoms with E-state index in [0.29, 0.717) is 28.2 Å². The van der Waals surface area contributed by atoms with Crippen LogP contribution in [0.3, 0.4) is 0 Å². The molecule has 6 heteroatoms. The van der Waals surface area contributed by atoms with Gasteiger partial charge in [-0.15, -0.1) is 0 Å². The van der Waals surface area contributed by atoms with E-state index in [1.54, 1.807) is 18.2 Å². The molecule has 0 unspecified atom stereocenters. The number of hydrogen-bond donors (Lipinski definition) is 2. The minimum atomic E-state index is -0.701. The molecular formula is C19H22N2O4. The SMILES string of the molecule is CCc1ccc(OCc2c(C=O)cccc2N(O)C(=O)NC)c(C)c1. The highest BCUT2D eigenvalue weighted by Crippen LogP contribution is 2.26. The number of nitrogens with one attached hydrogen (secondary N) is 1. The third-order valence-electron chi connectivity index (χ3n) is 3.97. The first-order valence-corrected chi connectivity index (χ1v) is 8.01. The molecule has 2 N–H and O–H groups in total. The Kier molecular flexibility index (Phi) is 6.14. The molecule has 0 aliphatic heterocycles. The lowest BCUT2D eigenvalue weighted by Gasteiger charge is -2.20. The Morgan fingerprint density at radius 3 is 2.68 bits per heavy atom. The molecule has 0 atom stereocenters. The Morgan fingerprint density at radius 1 is 1.32 bits per heavy atom. The molecule has 2 rings (SSSR count). The first-order valence-electron chi connectivity index (χ1n) is 8.01. The number of carbonyl (C=O) groups excluding carboxylic acids is 2. The summed E-state index contributed by atoms with van der Waals surface area (Å²) in [5.41, 5.74) is 3.18. The van der Waals surface area contributed by atoms with Crippen LogP contribution in [0.1, 0.15) is 34.0 Å². The van der Waals surface area contributed by atoms with Gasteiger partial charge in [-0.2, -0.15) is 5.06 Å². The normalized spacial score (nSPS) is 10.2. The molecule has 0 aliphatic carbocycles. The van der Waals surface area contributed by atoms with Crippen LogP contribution in [0.4, 0.5) is 10.5 Å². The maximum atomic E-state index is 11.7. The number of hydroxylamine groups is 1. The Hall–Kier alpha value is -2.86. The fourth-order valence-electron chi connectivity index (χ4n) is 2.52. The summed E-state index contributed by atoms with van der Waals surface area (Å²) in [6, 6.07) is 9.96. The summed E-state index contributed by atoms with van der Waals surface area (Å²) in [6.07, 6.45) is 1.61. The summed E-state index contributed by atoms with van der Waals surface area (Å²) in [4.78, 5) is 23.0. The highest BCUT2D eigenvalue weighted by molar-refractivity contribution is 5.92. The number of rotatable bonds is 6. The first kappa shape index (κ1) is 18.5. The van der Waals surface area contributed by atoms with E-state index in [-0.39, 0.29) is 12.3 Å². The third kappa shape index (κ3) is 4.16. The lowest BCUT2D eigenvalue weighted by atomic mass is 10.1. The van der Waals surface area contributed by atoms with Crippen molar-refractivity contribution in [3.05, 3.63) is 58.7 Å². The zero-order valence-electron chi connectivity index (χ0n) is 14.6. The number of ether oxygens (including phenoxy) is 1. The van der Waals surface area contributed by atoms with Crippen molar-refractivity contribution in [1.29, 1.82) is 0 Å². The van der Waals surface area contributed by atoms with Crippen LogP contribution in [0.25, 0.3) is 0 Å². The molecule has 25 heavy (non-hydrogen) atoms. The fraction of sp³-hybridized carbons (Fsp3) is 0.263. The molecule has 0 radical (unpaired) electrons. The maximum Gasteiger partial charge on any atom is 0.345 e. The van der Waals surface area contributed by atoms with Gasteiger partial charge in [0.15, 0.2) is 6.29 Å². The van der Waals surface area contributed by atoms with Gasteiger partial charge < -0.3 is 10.1 Å². The van der Waals surface area contributed by atoms with Gasteiger partial charge in [-0.1, -0.05) is 31.2 Å². The molecule has 0 saturated carbocycles. The van der Waals surface area contributed by atoms with Gasteiger partial charge in [0.2, 0.25) is 0 Å². The van der Waals surface area contributed by atoms with E-state index in [2.05, 4.69) is 12.2 Å². The van der Waals surface area contributed by atoms with Crippen molar-refractivity contribution in [3.63, 3.8) is 0 Å². The Morgan fingerprint density at radius 2 is 2.08 bits per heavy atom. The topological polar surface area (TPSA) is 78.9 Å². The Labute approximate surface area is 147 Å². The third-order valence-corrected chi connectivity index (χ3v) is 3.97. The summed E-state index contributed by atoms with van der Waals surface area (Å²) < 4.78 is 5.84. The summed E-state index contributed by atoms with van der Waals surface area (Å²) >= 11 is 0. The molecule has 0 aliphatic rings. The molecule has 0 saturated heterocycles. The number of hydrogen-bond acceptors (Lipinski definition) is 4. The second-order valence-corrected chi connectivity index (χ2v) is 5.57. The molecule has 0 bridgehead atoms. The summed E-state index contributed by atoms with van der Waals surface area (Å²) in [7, 11) is 1.41. The van der Waals surface area contributed by atoms with E-state index in [1.807, 2.05) is 25.1 Å². The van der Waals surface area contributed by atoms with Crippen molar-refractivity contribution >= 4 is 18.0 Å². The zero-order valence-corrected chi connectivity index (χ0v) is 14.6. The van der Waals surface area contributed by atoms with Crippen molar-refractivity contribution in [2.24, 2.45) is 0 Å². The zero-order chi connectivity index (χ0) is 18.4. The smallest absolute Gasteiger partial charge is 0.345 e. The molecule has 0 spiro atoms. The van der Waals surface area contributed by atoms with Crippen LogP contribution in [-0.2, 0) is 13.0 Å². The van der Waals surface area contributed by atoms with Crippen molar-refractivity contribution in [2.75, 3.05) is 12.1 Å². The van der Waals surface area contributed by atoms with E-state index in [1.165, 1.54) is 12.6 Å². The first-order chi connectivity index (χ1) is 12.0. The number of anilines is 1. The van der Waals surface area contributed by atoms with Gasteiger partial charge in [-0.3, -0.25) is 10.0 Å². The molecule has 2 aromatic carbocycles. The van der Waals surface area contributed by atoms with Crippen LogP contribution in [0.5, 0.6) is 5.75 Å². The number of carbonyl (C=O) groups is 2. The number of nitrogens with zero attached hydrogens (tertiary/aromatic N) is 1. The van der Waals surface area contributed by atoms with Gasteiger partial charge in [0.05, 0.1) is 5.69 Å². The van der Waals surface area contributed by atoms with Crippen LogP contribution in [0, 0.1) is 6.92 Å². The molecule has 0 heterocycles. The van der Waals surface area contributed by atoms with Crippen LogP contribution < -0.4 is 15.1 Å². The standard InChI is InChI=1S/C19H22N2O4/c1-4-14-8-9-18(13(2)10-14)25-12-16-15(11-22)6-5-7-17(16)21(24)19(23)20-3/h5-11,24H,4,12H2,1-3H3,(H,20,23). The van der Waals surface area contributed by atoms with Gasteiger partial charge in [0, 0.05) is 18.2 Å². The largest absolute Gasteiger partial charge is 0.489 e. The number of amides is 2. The fourth-order valence-corrected chi connectivity index (χ4v) is 2.52. The number of urea groups is 1. The number of aryl methyl sites for hydroxylation is 2. The summed E-state index contributed by atoms with van der Waals surface area (Å²) in [5.74, 6) is 0.688. The van der Waals surface area contributed by atoms with Crippen molar-refractivity contribution in [3.8, 4) is 5.75 Å². The maximum absolute atomic E-state index is 11.7. The van der Waals surface area contributed by atoms with Crippen LogP contribution >= 0.6 is 0 Å². The predicted octanol–water partition coefficient (Wildman–Crippen LogP) is 3.48. The lowest BCUT2D eigenvalue weighted by Crippen LogP contribution is -2.36. The molecule has 6 nitrogen and oxygen atoms in total. The van der Waals surface area contributed by atoms with E-state index < -0.39 is 6.03 Å². The molecular weight excluding hydrogens is 320 g/mol. The highest BCUT2D eigenvalue weighted by Gasteiger charge is 2.18. The van der Waals surface area contributed by atoms with Crippen molar-refractivity contribution < 1.29 is 19.5 Å². The predicted molar refractivity (Wildman–Crippen MR) is 95.4 cm³/mol. The second-order valence-electron chi connectivity index (χ2n) is 5.57. The van der Waals surface area contributed by atoms with Crippen molar-refractivity contribution in [2.45, 2.75) is 26.9 Å². The molecule has 2 amide bonds. The van der Waals surface area contributed by atoms with E-state index >= 15 is 0 Å². The van der Waals surface area contributed by atoms with Gasteiger partial charge in [-0.05, 0) is 36.6 Å². The number of aldehydes is 1. The van der Waals surface area contributed by atoms with Gasteiger partial charge in [-0.25, -0.2) is 4.79 Å². The molecule has 2 aromatic rings. The molecule has 132 valence electrons. The molecule has 0 aromatic heterocycles. The van der Waals surface area contributed by atoms with Crippen LogP contribution in [0.15, 0.2) is 36.4 Å². The summed E-state index contributed by atoms with van der Waals surface area (Å²) in [5, 5.41) is 12.9. The van der Waals surface area contributed by atoms with Crippen LogP contribution in [-0.4, -0.2) is 24.6 Å². The number of benzene rings is 2. The Bertz CT molecular complexity index is 774. The van der Waals surface area contributed by atoms with Crippen LogP contribution in [0.2, 0.25) is 0 Å². The van der Waals surface area contributed by atoms with Gasteiger partial charge in [0.25, 0.3) is 0 Å². The molecule has 0 fully saturated rings. The van der Waals surface area contributed by atoms with Gasteiger partial charge >= 0.3 is 6.03 Å².